The fourth-order valence-electron chi connectivity index (χ4n) is 8.97. The van der Waals surface area contributed by atoms with Gasteiger partial charge in [0, 0.05) is 48.8 Å². The number of quaternary nitrogens is 1. The zero-order valence-electron chi connectivity index (χ0n) is 25.5. The molecule has 2 aliphatic heterocycles. The minimum atomic E-state index is -4.90. The van der Waals surface area contributed by atoms with E-state index in [0.29, 0.717) is 24.0 Å². The highest BCUT2D eigenvalue weighted by atomic mass is 19.4. The first-order chi connectivity index (χ1) is 20.9. The number of anilines is 1. The minimum Gasteiger partial charge on any atom is -0.487 e. The summed E-state index contributed by atoms with van der Waals surface area (Å²) < 4.78 is 56.0. The van der Waals surface area contributed by atoms with Gasteiger partial charge in [0.25, 0.3) is 5.91 Å². The van der Waals surface area contributed by atoms with Crippen LogP contribution in [0.3, 0.4) is 0 Å². The van der Waals surface area contributed by atoms with E-state index in [1.807, 2.05) is 6.08 Å². The first-order valence-electron chi connectivity index (χ1n) is 15.6. The van der Waals surface area contributed by atoms with Crippen molar-refractivity contribution >= 4 is 23.6 Å². The molecule has 9 heteroatoms. The Balaban J connectivity index is 1.49. The van der Waals surface area contributed by atoms with Gasteiger partial charge in [-0.15, -0.1) is 0 Å². The predicted molar refractivity (Wildman–Crippen MR) is 162 cm³/mol. The monoisotopic (exact) mass is 609 g/mol. The molecule has 2 aromatic rings. The molecular formula is C35H40F3N2O4+. The molecule has 0 aromatic heterocycles. The molecule has 5 atom stereocenters. The lowest BCUT2D eigenvalue weighted by Crippen LogP contribution is -2.72. The number of nitrogens with zero attached hydrogens (tertiary/aromatic N) is 1. The van der Waals surface area contributed by atoms with E-state index in [4.69, 9.17) is 9.47 Å². The van der Waals surface area contributed by atoms with Crippen molar-refractivity contribution < 1.29 is 36.7 Å². The maximum Gasteiger partial charge on any atom is 0.421 e. The quantitative estimate of drug-likeness (QED) is 0.115. The smallest absolute Gasteiger partial charge is 0.421 e. The van der Waals surface area contributed by atoms with E-state index >= 15 is 0 Å². The third-order valence-electron chi connectivity index (χ3n) is 10.2. The van der Waals surface area contributed by atoms with Gasteiger partial charge in [-0.05, 0) is 37.0 Å². The number of ether oxygens (including phenoxy) is 2. The summed E-state index contributed by atoms with van der Waals surface area (Å²) in [6, 6.07) is 9.67. The Hall–Kier alpha value is -3.59. The molecule has 2 aromatic carbocycles. The number of carbonyl (C=O) groups is 2. The number of amides is 1. The summed E-state index contributed by atoms with van der Waals surface area (Å²) in [6.07, 6.45) is 2.13. The number of alkyl halides is 3. The summed E-state index contributed by atoms with van der Waals surface area (Å²) in [6.45, 7) is 12.7. The van der Waals surface area contributed by atoms with Gasteiger partial charge in [0.1, 0.15) is 23.2 Å². The van der Waals surface area contributed by atoms with Crippen molar-refractivity contribution in [2.45, 2.75) is 76.6 Å². The van der Waals surface area contributed by atoms with E-state index < -0.39 is 23.6 Å². The number of likely N-dealkylation sites (tertiary alicyclic amines) is 1. The summed E-state index contributed by atoms with van der Waals surface area (Å²) in [4.78, 5) is 25.7. The highest BCUT2D eigenvalue weighted by molar-refractivity contribution is 6.08. The number of esters is 1. The molecule has 2 heterocycles. The fourth-order valence-corrected chi connectivity index (χ4v) is 8.97. The third kappa shape index (κ3) is 4.93. The van der Waals surface area contributed by atoms with Crippen molar-refractivity contribution in [2.24, 2.45) is 11.8 Å². The molecule has 2 aliphatic carbocycles. The average molecular weight is 610 g/mol. The molecule has 1 saturated heterocycles. The molecule has 1 unspecified atom stereocenters. The van der Waals surface area contributed by atoms with Gasteiger partial charge in [0.15, 0.2) is 0 Å². The number of hydrogen-bond acceptors (Lipinski definition) is 4. The average Bonchev–Trinajstić information content (AvgIpc) is 3.29. The minimum absolute atomic E-state index is 0.105. The van der Waals surface area contributed by atoms with Crippen molar-refractivity contribution in [1.82, 2.24) is 0 Å². The molecule has 1 N–H and O–H groups in total. The predicted octanol–water partition coefficient (Wildman–Crippen LogP) is 6.98. The summed E-state index contributed by atoms with van der Waals surface area (Å²) in [5, 5.41) is 2.53. The zero-order chi connectivity index (χ0) is 31.4. The van der Waals surface area contributed by atoms with Crippen molar-refractivity contribution in [3.63, 3.8) is 0 Å². The number of halogens is 3. The molecule has 1 saturated carbocycles. The van der Waals surface area contributed by atoms with Crippen LogP contribution in [-0.2, 0) is 21.4 Å². The van der Waals surface area contributed by atoms with Gasteiger partial charge in [0.05, 0.1) is 36.8 Å². The number of rotatable bonds is 8. The molecule has 2 bridgehead atoms. The molecule has 1 amide bonds. The molecule has 4 aliphatic rings. The van der Waals surface area contributed by atoms with E-state index in [0.717, 1.165) is 67.0 Å². The second-order valence-electron chi connectivity index (χ2n) is 13.3. The van der Waals surface area contributed by atoms with Crippen LogP contribution >= 0.6 is 0 Å². The maximum absolute atomic E-state index is 14.2. The Morgan fingerprint density at radius 2 is 1.98 bits per heavy atom. The lowest BCUT2D eigenvalue weighted by atomic mass is 9.51. The van der Waals surface area contributed by atoms with Gasteiger partial charge in [0.2, 0.25) is 0 Å². The standard InChI is InChI=1S/C35H39F3N2O4/c1-5-15-40(20-21(2)3)16-14-34-25-12-9-13-30(34)44-32-27(19-29(43-22(4)41)24(31(32)34)18-28(25)40)39-33(42)26(35(36,37)38)17-23-10-7-6-8-11-23/h5-8,10-11,17,19,21,25,28,30H,1,9,12-16,18,20H2,2-4H3/p+1/t25-,28+,30-,34+,40?/m0/s1. The topological polar surface area (TPSA) is 64.6 Å². The van der Waals surface area contributed by atoms with Crippen LogP contribution in [0.2, 0.25) is 0 Å². The maximum atomic E-state index is 14.2. The van der Waals surface area contributed by atoms with Gasteiger partial charge in [-0.3, -0.25) is 9.59 Å². The fraction of sp³-hybridized carbons (Fsp3) is 0.486. The molecule has 6 nitrogen and oxygen atoms in total. The van der Waals surface area contributed by atoms with E-state index in [1.54, 1.807) is 18.2 Å². The Morgan fingerprint density at radius 3 is 2.64 bits per heavy atom. The van der Waals surface area contributed by atoms with Crippen LogP contribution in [0.1, 0.15) is 63.1 Å². The first-order valence-corrected chi connectivity index (χ1v) is 15.6. The van der Waals surface area contributed by atoms with E-state index in [2.05, 4.69) is 25.7 Å². The van der Waals surface area contributed by atoms with Gasteiger partial charge < -0.3 is 19.3 Å². The molecule has 234 valence electrons. The number of carbonyl (C=O) groups excluding carboxylic acids is 2. The number of piperidine rings is 1. The van der Waals surface area contributed by atoms with Gasteiger partial charge in [-0.1, -0.05) is 50.8 Å². The van der Waals surface area contributed by atoms with Crippen LogP contribution in [0, 0.1) is 11.8 Å². The third-order valence-corrected chi connectivity index (χ3v) is 10.2. The number of nitrogens with one attached hydrogen (secondary N) is 1. The molecule has 0 radical (unpaired) electrons. The summed E-state index contributed by atoms with van der Waals surface area (Å²) in [7, 11) is 0. The van der Waals surface area contributed by atoms with Gasteiger partial charge in [-0.25, -0.2) is 0 Å². The lowest BCUT2D eigenvalue weighted by molar-refractivity contribution is -0.960. The first kappa shape index (κ1) is 30.4. The normalized spacial score (nSPS) is 28.6. The molecular weight excluding hydrogens is 569 g/mol. The SMILES string of the molecule is C=CC[N+]1(CC(C)C)CC[C@]23c4c5c(OC(C)=O)cc(NC(=O)C(=Cc6ccccc6)C(F)(F)F)c4O[C@H]2CCC[C@H]3[C@H]1C5. The second kappa shape index (κ2) is 11.1. The molecule has 1 spiro atoms. The van der Waals surface area contributed by atoms with Crippen molar-refractivity contribution in [3.8, 4) is 11.5 Å². The van der Waals surface area contributed by atoms with E-state index in [1.165, 1.54) is 25.1 Å². The van der Waals surface area contributed by atoms with Crippen molar-refractivity contribution in [3.05, 3.63) is 71.3 Å². The summed E-state index contributed by atoms with van der Waals surface area (Å²) >= 11 is 0. The van der Waals surface area contributed by atoms with Crippen LogP contribution in [0.5, 0.6) is 11.5 Å². The largest absolute Gasteiger partial charge is 0.487 e. The van der Waals surface area contributed by atoms with Crippen molar-refractivity contribution in [1.29, 1.82) is 0 Å². The Labute approximate surface area is 256 Å². The molecule has 44 heavy (non-hydrogen) atoms. The summed E-state index contributed by atoms with van der Waals surface area (Å²) in [5.74, 6) is -0.354. The highest BCUT2D eigenvalue weighted by Gasteiger charge is 2.68. The van der Waals surface area contributed by atoms with Gasteiger partial charge >= 0.3 is 12.1 Å². The van der Waals surface area contributed by atoms with Crippen LogP contribution in [0.25, 0.3) is 6.08 Å². The highest BCUT2D eigenvalue weighted by Crippen LogP contribution is 2.66. The second-order valence-corrected chi connectivity index (χ2v) is 13.3. The lowest BCUT2D eigenvalue weighted by Gasteiger charge is -2.62. The van der Waals surface area contributed by atoms with E-state index in [9.17, 15) is 22.8 Å². The van der Waals surface area contributed by atoms with E-state index in [-0.39, 0.29) is 34.6 Å². The van der Waals surface area contributed by atoms with Crippen molar-refractivity contribution in [2.75, 3.05) is 25.0 Å². The Kier molecular flexibility index (Phi) is 7.67. The molecule has 2 fully saturated rings. The zero-order valence-corrected chi connectivity index (χ0v) is 25.5. The number of hydrogen-bond donors (Lipinski definition) is 1. The van der Waals surface area contributed by atoms with Crippen LogP contribution in [0.15, 0.2) is 54.6 Å². The van der Waals surface area contributed by atoms with Crippen LogP contribution in [-0.4, -0.2) is 54.3 Å². The van der Waals surface area contributed by atoms with Crippen LogP contribution < -0.4 is 14.8 Å². The Bertz CT molecular complexity index is 1520. The molecule has 6 rings (SSSR count). The van der Waals surface area contributed by atoms with Gasteiger partial charge in [-0.2, -0.15) is 13.2 Å². The Morgan fingerprint density at radius 1 is 1.23 bits per heavy atom. The van der Waals surface area contributed by atoms with Crippen LogP contribution in [0.4, 0.5) is 18.9 Å². The number of benzene rings is 2. The summed E-state index contributed by atoms with van der Waals surface area (Å²) in [5.41, 5.74) is 0.476.